The van der Waals surface area contributed by atoms with Gasteiger partial charge in [0.05, 0.1) is 17.2 Å². The van der Waals surface area contributed by atoms with Crippen LogP contribution in [0.2, 0.25) is 0 Å². The lowest BCUT2D eigenvalue weighted by atomic mass is 10.2. The van der Waals surface area contributed by atoms with E-state index < -0.39 is 0 Å². The van der Waals surface area contributed by atoms with Crippen molar-refractivity contribution in [3.63, 3.8) is 0 Å². The maximum Gasteiger partial charge on any atom is 0.236 e. The molecular formula is C14H23N3OS. The highest BCUT2D eigenvalue weighted by molar-refractivity contribution is 7.11. The molecule has 1 heterocycles. The number of thiazole rings is 1. The maximum atomic E-state index is 12.1. The summed E-state index contributed by atoms with van der Waals surface area (Å²) < 4.78 is 0. The summed E-state index contributed by atoms with van der Waals surface area (Å²) in [5.74, 6) is 0.218. The number of carbonyl (C=O) groups is 1. The van der Waals surface area contributed by atoms with Gasteiger partial charge in [0.2, 0.25) is 5.91 Å². The Bertz CT molecular complexity index is 454. The van der Waals surface area contributed by atoms with Crippen LogP contribution in [0.1, 0.15) is 48.3 Å². The van der Waals surface area contributed by atoms with E-state index in [4.69, 9.17) is 0 Å². The van der Waals surface area contributed by atoms with Crippen molar-refractivity contribution in [2.75, 3.05) is 13.1 Å². The Morgan fingerprint density at radius 2 is 2.21 bits per heavy atom. The molecule has 2 rings (SSSR count). The van der Waals surface area contributed by atoms with Crippen LogP contribution in [0.4, 0.5) is 0 Å². The van der Waals surface area contributed by atoms with Gasteiger partial charge in [0.1, 0.15) is 0 Å². The maximum absolute atomic E-state index is 12.1. The lowest BCUT2D eigenvalue weighted by molar-refractivity contribution is -0.130. The van der Waals surface area contributed by atoms with Gasteiger partial charge in [0.25, 0.3) is 0 Å². The first-order valence-corrected chi connectivity index (χ1v) is 7.81. The number of hydrogen-bond acceptors (Lipinski definition) is 4. The van der Waals surface area contributed by atoms with Crippen molar-refractivity contribution in [3.8, 4) is 0 Å². The van der Waals surface area contributed by atoms with Crippen LogP contribution in [-0.2, 0) is 4.79 Å². The van der Waals surface area contributed by atoms with Crippen molar-refractivity contribution in [1.29, 1.82) is 0 Å². The summed E-state index contributed by atoms with van der Waals surface area (Å²) in [6.07, 6.45) is 2.34. The highest BCUT2D eigenvalue weighted by atomic mass is 32.1. The van der Waals surface area contributed by atoms with E-state index in [1.54, 1.807) is 11.3 Å². The summed E-state index contributed by atoms with van der Waals surface area (Å²) in [4.78, 5) is 19.8. The average Bonchev–Trinajstić information content (AvgIpc) is 3.12. The molecule has 106 valence electrons. The van der Waals surface area contributed by atoms with Crippen molar-refractivity contribution in [2.45, 2.75) is 52.6 Å². The molecule has 1 fully saturated rings. The molecule has 1 saturated carbocycles. The minimum atomic E-state index is 0.188. The third-order valence-electron chi connectivity index (χ3n) is 3.54. The van der Waals surface area contributed by atoms with Gasteiger partial charge in [-0.05, 0) is 40.5 Å². The zero-order valence-corrected chi connectivity index (χ0v) is 13.0. The summed E-state index contributed by atoms with van der Waals surface area (Å²) in [5, 5.41) is 4.41. The van der Waals surface area contributed by atoms with E-state index in [0.29, 0.717) is 12.6 Å². The van der Waals surface area contributed by atoms with Gasteiger partial charge in [-0.2, -0.15) is 0 Å². The zero-order chi connectivity index (χ0) is 14.0. The van der Waals surface area contributed by atoms with Crippen molar-refractivity contribution in [1.82, 2.24) is 15.2 Å². The molecule has 4 nitrogen and oxygen atoms in total. The van der Waals surface area contributed by atoms with Crippen molar-refractivity contribution in [3.05, 3.63) is 15.6 Å². The Balaban J connectivity index is 1.87. The summed E-state index contributed by atoms with van der Waals surface area (Å²) >= 11 is 1.71. The number of likely N-dealkylation sites (N-methyl/N-ethyl adjacent to an activating group) is 1. The molecule has 1 aliphatic carbocycles. The summed E-state index contributed by atoms with van der Waals surface area (Å²) in [6.45, 7) is 9.43. The van der Waals surface area contributed by atoms with Gasteiger partial charge >= 0.3 is 0 Å². The lowest BCUT2D eigenvalue weighted by Crippen LogP contribution is -2.40. The van der Waals surface area contributed by atoms with E-state index in [2.05, 4.69) is 24.1 Å². The molecule has 0 radical (unpaired) electrons. The Morgan fingerprint density at radius 1 is 1.53 bits per heavy atom. The molecule has 0 aromatic carbocycles. The standard InChI is InChI=1S/C14H23N3OS/c1-5-17(12-6-7-12)13(18)8-15-9(2)14-10(3)16-11(4)19-14/h9,12,15H,5-8H2,1-4H3. The van der Waals surface area contributed by atoms with E-state index in [1.165, 1.54) is 17.7 Å². The highest BCUT2D eigenvalue weighted by Gasteiger charge is 2.31. The first-order valence-electron chi connectivity index (χ1n) is 6.99. The van der Waals surface area contributed by atoms with Gasteiger partial charge in [0, 0.05) is 23.5 Å². The van der Waals surface area contributed by atoms with Gasteiger partial charge in [-0.1, -0.05) is 0 Å². The summed E-state index contributed by atoms with van der Waals surface area (Å²) in [7, 11) is 0. The van der Waals surface area contributed by atoms with Crippen LogP contribution >= 0.6 is 11.3 Å². The van der Waals surface area contributed by atoms with Crippen molar-refractivity contribution >= 4 is 17.2 Å². The third kappa shape index (κ3) is 3.54. The molecule has 0 aliphatic heterocycles. The Labute approximate surface area is 119 Å². The fourth-order valence-electron chi connectivity index (χ4n) is 2.41. The van der Waals surface area contributed by atoms with Gasteiger partial charge in [-0.3, -0.25) is 4.79 Å². The predicted molar refractivity (Wildman–Crippen MR) is 78.4 cm³/mol. The summed E-state index contributed by atoms with van der Waals surface area (Å²) in [6, 6.07) is 0.690. The van der Waals surface area contributed by atoms with Crippen LogP contribution in [0.15, 0.2) is 0 Å². The Kier molecular flexibility index (Phi) is 4.58. The summed E-state index contributed by atoms with van der Waals surface area (Å²) in [5.41, 5.74) is 1.07. The van der Waals surface area contributed by atoms with E-state index in [0.717, 1.165) is 17.2 Å². The van der Waals surface area contributed by atoms with Crippen molar-refractivity contribution < 1.29 is 4.79 Å². The number of nitrogens with zero attached hydrogens (tertiary/aromatic N) is 2. The van der Waals surface area contributed by atoms with E-state index in [1.807, 2.05) is 18.7 Å². The first-order chi connectivity index (χ1) is 9.02. The molecule has 1 unspecified atom stereocenters. The molecule has 19 heavy (non-hydrogen) atoms. The van der Waals surface area contributed by atoms with Gasteiger partial charge in [0.15, 0.2) is 0 Å². The number of rotatable bonds is 6. The number of amides is 1. The Morgan fingerprint density at radius 3 is 2.68 bits per heavy atom. The molecule has 5 heteroatoms. The second-order valence-electron chi connectivity index (χ2n) is 5.20. The number of carbonyl (C=O) groups excluding carboxylic acids is 1. The van der Waals surface area contributed by atoms with Crippen LogP contribution in [0.5, 0.6) is 0 Å². The van der Waals surface area contributed by atoms with Crippen LogP contribution in [0, 0.1) is 13.8 Å². The predicted octanol–water partition coefficient (Wildman–Crippen LogP) is 2.42. The normalized spacial score (nSPS) is 16.4. The molecule has 1 aliphatic rings. The van der Waals surface area contributed by atoms with Crippen LogP contribution in [-0.4, -0.2) is 34.9 Å². The van der Waals surface area contributed by atoms with Crippen LogP contribution in [0.25, 0.3) is 0 Å². The van der Waals surface area contributed by atoms with Gasteiger partial charge < -0.3 is 10.2 Å². The first kappa shape index (κ1) is 14.5. The second-order valence-corrected chi connectivity index (χ2v) is 6.43. The molecule has 1 atom stereocenters. The molecule has 0 bridgehead atoms. The molecule has 1 aromatic rings. The van der Waals surface area contributed by atoms with E-state index in [9.17, 15) is 4.79 Å². The van der Waals surface area contributed by atoms with Gasteiger partial charge in [-0.15, -0.1) is 11.3 Å². The van der Waals surface area contributed by atoms with Gasteiger partial charge in [-0.25, -0.2) is 4.98 Å². The average molecular weight is 281 g/mol. The SMILES string of the molecule is CCN(C(=O)CNC(C)c1sc(C)nc1C)C1CC1. The molecular weight excluding hydrogens is 258 g/mol. The molecule has 1 N–H and O–H groups in total. The molecule has 0 spiro atoms. The highest BCUT2D eigenvalue weighted by Crippen LogP contribution is 2.27. The minimum Gasteiger partial charge on any atom is -0.339 e. The Hall–Kier alpha value is -0.940. The van der Waals surface area contributed by atoms with E-state index in [-0.39, 0.29) is 11.9 Å². The van der Waals surface area contributed by atoms with Crippen LogP contribution in [0.3, 0.4) is 0 Å². The quantitative estimate of drug-likeness (QED) is 0.871. The monoisotopic (exact) mass is 281 g/mol. The number of nitrogens with one attached hydrogen (secondary N) is 1. The fourth-order valence-corrected chi connectivity index (χ4v) is 3.36. The number of aromatic nitrogens is 1. The molecule has 0 saturated heterocycles. The number of aryl methyl sites for hydroxylation is 2. The van der Waals surface area contributed by atoms with Crippen molar-refractivity contribution in [2.24, 2.45) is 0 Å². The topological polar surface area (TPSA) is 45.2 Å². The van der Waals surface area contributed by atoms with Crippen LogP contribution < -0.4 is 5.32 Å². The molecule has 1 aromatic heterocycles. The third-order valence-corrected chi connectivity index (χ3v) is 4.80. The minimum absolute atomic E-state index is 0.188. The fraction of sp³-hybridized carbons (Fsp3) is 0.714. The number of hydrogen-bond donors (Lipinski definition) is 1. The largest absolute Gasteiger partial charge is 0.339 e. The second kappa shape index (κ2) is 6.01. The smallest absolute Gasteiger partial charge is 0.236 e. The lowest BCUT2D eigenvalue weighted by Gasteiger charge is -2.22. The zero-order valence-electron chi connectivity index (χ0n) is 12.2. The molecule has 1 amide bonds. The van der Waals surface area contributed by atoms with E-state index >= 15 is 0 Å².